The molecule has 1 heterocycles. The molecule has 1 aromatic carbocycles. The van der Waals surface area contributed by atoms with Crippen molar-refractivity contribution in [2.45, 2.75) is 37.0 Å². The zero-order chi connectivity index (χ0) is 15.5. The molecular formula is C14H19NO5S. The maximum absolute atomic E-state index is 12.0. The van der Waals surface area contributed by atoms with Crippen molar-refractivity contribution in [1.29, 1.82) is 0 Å². The van der Waals surface area contributed by atoms with Gasteiger partial charge in [0.25, 0.3) is 0 Å². The number of rotatable bonds is 6. The molecule has 0 radical (unpaired) electrons. The van der Waals surface area contributed by atoms with Gasteiger partial charge in [-0.2, -0.15) is 0 Å². The summed E-state index contributed by atoms with van der Waals surface area (Å²) in [7, 11) is -3.81. The first-order valence-corrected chi connectivity index (χ1v) is 8.44. The molecule has 1 aliphatic heterocycles. The largest absolute Gasteiger partial charge is 0.492 e. The van der Waals surface area contributed by atoms with Crippen molar-refractivity contribution >= 4 is 16.0 Å². The summed E-state index contributed by atoms with van der Waals surface area (Å²) in [4.78, 5) is 12.0. The highest BCUT2D eigenvalue weighted by molar-refractivity contribution is 7.89. The van der Waals surface area contributed by atoms with Crippen molar-refractivity contribution in [2.24, 2.45) is 5.14 Å². The highest BCUT2D eigenvalue weighted by Gasteiger charge is 2.32. The van der Waals surface area contributed by atoms with Gasteiger partial charge in [0, 0.05) is 5.56 Å². The molecular weight excluding hydrogens is 294 g/mol. The first-order valence-electron chi connectivity index (χ1n) is 6.89. The molecule has 7 heteroatoms. The number of sulfonamides is 1. The van der Waals surface area contributed by atoms with E-state index in [4.69, 9.17) is 14.6 Å². The van der Waals surface area contributed by atoms with Crippen molar-refractivity contribution in [3.8, 4) is 5.75 Å². The van der Waals surface area contributed by atoms with Gasteiger partial charge >= 0.3 is 5.97 Å². The van der Waals surface area contributed by atoms with Crippen LogP contribution in [0.1, 0.15) is 37.7 Å². The van der Waals surface area contributed by atoms with Crippen LogP contribution in [0, 0.1) is 0 Å². The minimum Gasteiger partial charge on any atom is -0.492 e. The fraction of sp³-hybridized carbons (Fsp3) is 0.500. The van der Waals surface area contributed by atoms with Crippen LogP contribution in [0.5, 0.6) is 5.75 Å². The van der Waals surface area contributed by atoms with Gasteiger partial charge in [0.1, 0.15) is 18.3 Å². The minimum absolute atomic E-state index is 0.0319. The number of benzene rings is 1. The van der Waals surface area contributed by atoms with Crippen LogP contribution in [0.4, 0.5) is 0 Å². The summed E-state index contributed by atoms with van der Waals surface area (Å²) in [5, 5.41) is 5.10. The van der Waals surface area contributed by atoms with E-state index in [2.05, 4.69) is 6.92 Å². The predicted molar refractivity (Wildman–Crippen MR) is 76.5 cm³/mol. The monoisotopic (exact) mass is 313 g/mol. The van der Waals surface area contributed by atoms with Gasteiger partial charge in [-0.25, -0.2) is 13.6 Å². The number of ether oxygens (including phenoxy) is 2. The normalized spacial score (nSPS) is 17.1. The highest BCUT2D eigenvalue weighted by Crippen LogP contribution is 2.36. The van der Waals surface area contributed by atoms with Gasteiger partial charge in [-0.1, -0.05) is 19.8 Å². The summed E-state index contributed by atoms with van der Waals surface area (Å²) in [5.41, 5.74) is 0.516. The lowest BCUT2D eigenvalue weighted by atomic mass is 10.0. The summed E-state index contributed by atoms with van der Waals surface area (Å²) in [5.74, 6) is -0.488. The first-order chi connectivity index (χ1) is 9.93. The van der Waals surface area contributed by atoms with E-state index in [0.29, 0.717) is 17.9 Å². The summed E-state index contributed by atoms with van der Waals surface area (Å²) in [6.07, 6.45) is 2.87. The molecule has 6 nitrogen and oxygen atoms in total. The molecule has 1 aromatic rings. The number of carbonyl (C=O) groups excluding carboxylic acids is 1. The third-order valence-corrected chi connectivity index (χ3v) is 4.28. The average molecular weight is 313 g/mol. The molecule has 1 aliphatic rings. The van der Waals surface area contributed by atoms with E-state index in [1.165, 1.54) is 18.2 Å². The van der Waals surface area contributed by atoms with Crippen molar-refractivity contribution < 1.29 is 22.7 Å². The van der Waals surface area contributed by atoms with E-state index in [0.717, 1.165) is 19.3 Å². The standard InChI is InChI=1S/C14H19NO5S/c1-2-3-4-7-19-14(16)12-9-20-13-6-5-10(8-11(12)13)21(15,17)18/h5-6,8,12H,2-4,7,9H2,1H3,(H2,15,17,18). The number of nitrogens with two attached hydrogens (primary N) is 1. The van der Waals surface area contributed by atoms with Crippen LogP contribution in [0.15, 0.2) is 23.1 Å². The summed E-state index contributed by atoms with van der Waals surface area (Å²) in [6.45, 7) is 2.60. The van der Waals surface area contributed by atoms with E-state index in [1.54, 1.807) is 0 Å². The van der Waals surface area contributed by atoms with E-state index in [9.17, 15) is 13.2 Å². The van der Waals surface area contributed by atoms with Gasteiger partial charge in [0.05, 0.1) is 11.5 Å². The lowest BCUT2D eigenvalue weighted by molar-refractivity contribution is -0.145. The third kappa shape index (κ3) is 3.74. The lowest BCUT2D eigenvalue weighted by Gasteiger charge is -2.10. The van der Waals surface area contributed by atoms with Crippen LogP contribution in [0.3, 0.4) is 0 Å². The zero-order valence-corrected chi connectivity index (χ0v) is 12.7. The van der Waals surface area contributed by atoms with Crippen LogP contribution in [-0.2, 0) is 19.6 Å². The Morgan fingerprint density at radius 1 is 1.43 bits per heavy atom. The number of esters is 1. The second-order valence-electron chi connectivity index (χ2n) is 4.98. The van der Waals surface area contributed by atoms with E-state index >= 15 is 0 Å². The first kappa shape index (κ1) is 15.8. The van der Waals surface area contributed by atoms with Crippen LogP contribution in [-0.4, -0.2) is 27.6 Å². The lowest BCUT2D eigenvalue weighted by Crippen LogP contribution is -2.18. The van der Waals surface area contributed by atoms with Gasteiger partial charge in [0.2, 0.25) is 10.0 Å². The summed E-state index contributed by atoms with van der Waals surface area (Å²) in [6, 6.07) is 4.26. The van der Waals surface area contributed by atoms with E-state index < -0.39 is 21.9 Å². The van der Waals surface area contributed by atoms with Gasteiger partial charge in [0.15, 0.2) is 0 Å². The van der Waals surface area contributed by atoms with Crippen molar-refractivity contribution in [3.63, 3.8) is 0 Å². The molecule has 0 amide bonds. The Kier molecular flexibility index (Phi) is 4.84. The molecule has 0 aromatic heterocycles. The molecule has 21 heavy (non-hydrogen) atoms. The zero-order valence-electron chi connectivity index (χ0n) is 11.9. The summed E-state index contributed by atoms with van der Waals surface area (Å²) < 4.78 is 33.3. The number of carbonyl (C=O) groups is 1. The summed E-state index contributed by atoms with van der Waals surface area (Å²) >= 11 is 0. The van der Waals surface area contributed by atoms with E-state index in [1.807, 2.05) is 0 Å². The number of hydrogen-bond donors (Lipinski definition) is 1. The van der Waals surface area contributed by atoms with Gasteiger partial charge < -0.3 is 9.47 Å². The number of unbranched alkanes of at least 4 members (excludes halogenated alkanes) is 2. The molecule has 0 bridgehead atoms. The van der Waals surface area contributed by atoms with Crippen molar-refractivity contribution in [2.75, 3.05) is 13.2 Å². The highest BCUT2D eigenvalue weighted by atomic mass is 32.2. The Morgan fingerprint density at radius 3 is 2.86 bits per heavy atom. The molecule has 0 fully saturated rings. The molecule has 0 aliphatic carbocycles. The SMILES string of the molecule is CCCCCOC(=O)C1COc2ccc(S(N)(=O)=O)cc21. The predicted octanol–water partition coefficient (Wildman–Crippen LogP) is 1.54. The Morgan fingerprint density at radius 2 is 2.19 bits per heavy atom. The van der Waals surface area contributed by atoms with Crippen LogP contribution in [0.25, 0.3) is 0 Å². The maximum atomic E-state index is 12.0. The van der Waals surface area contributed by atoms with Gasteiger partial charge in [-0.3, -0.25) is 4.79 Å². The molecule has 1 atom stereocenters. The quantitative estimate of drug-likeness (QED) is 0.635. The Hall–Kier alpha value is -1.60. The van der Waals surface area contributed by atoms with Crippen LogP contribution >= 0.6 is 0 Å². The molecule has 0 spiro atoms. The smallest absolute Gasteiger partial charge is 0.317 e. The second kappa shape index (κ2) is 6.44. The van der Waals surface area contributed by atoms with Crippen LogP contribution < -0.4 is 9.88 Å². The molecule has 2 N–H and O–H groups in total. The topological polar surface area (TPSA) is 95.7 Å². The Balaban J connectivity index is 2.11. The van der Waals surface area contributed by atoms with Crippen molar-refractivity contribution in [1.82, 2.24) is 0 Å². The number of primary sulfonamides is 1. The second-order valence-corrected chi connectivity index (χ2v) is 6.54. The molecule has 0 saturated carbocycles. The molecule has 116 valence electrons. The van der Waals surface area contributed by atoms with Crippen molar-refractivity contribution in [3.05, 3.63) is 23.8 Å². The minimum atomic E-state index is -3.81. The Bertz CT molecular complexity index is 626. The molecule has 2 rings (SSSR count). The number of fused-ring (bicyclic) bond motifs is 1. The molecule has 0 saturated heterocycles. The van der Waals surface area contributed by atoms with E-state index in [-0.39, 0.29) is 11.5 Å². The fourth-order valence-electron chi connectivity index (χ4n) is 2.19. The molecule has 1 unspecified atom stereocenters. The third-order valence-electron chi connectivity index (χ3n) is 3.37. The van der Waals surface area contributed by atoms with Crippen LogP contribution in [0.2, 0.25) is 0 Å². The Labute approximate surface area is 124 Å². The fourth-order valence-corrected chi connectivity index (χ4v) is 2.74. The van der Waals surface area contributed by atoms with Gasteiger partial charge in [-0.15, -0.1) is 0 Å². The maximum Gasteiger partial charge on any atom is 0.317 e. The van der Waals surface area contributed by atoms with Gasteiger partial charge in [-0.05, 0) is 24.6 Å². The number of hydrogen-bond acceptors (Lipinski definition) is 5. The average Bonchev–Trinajstić information content (AvgIpc) is 2.85.